The number of rotatable bonds is 6. The first-order valence-electron chi connectivity index (χ1n) is 7.21. The lowest BCUT2D eigenvalue weighted by Gasteiger charge is -2.19. The van der Waals surface area contributed by atoms with Gasteiger partial charge in [0, 0.05) is 3.12 Å². The number of sulfonamides is 2. The van der Waals surface area contributed by atoms with Crippen LogP contribution in [0.1, 0.15) is 11.1 Å². The summed E-state index contributed by atoms with van der Waals surface area (Å²) in [5.74, 6) is 0. The molecule has 2 rings (SSSR count). The Morgan fingerprint density at radius 3 is 1.33 bits per heavy atom. The second-order valence-electron chi connectivity index (χ2n) is 5.43. The molecule has 0 saturated carbocycles. The molecule has 27 heavy (non-hydrogen) atoms. The Kier molecular flexibility index (Phi) is 5.68. The molecule has 0 aliphatic rings. The van der Waals surface area contributed by atoms with Crippen LogP contribution in [0.5, 0.6) is 0 Å². The second kappa shape index (κ2) is 7.33. The van der Waals surface area contributed by atoms with E-state index >= 15 is 0 Å². The van der Waals surface area contributed by atoms with Gasteiger partial charge in [0.25, 0.3) is 26.1 Å². The van der Waals surface area contributed by atoms with E-state index in [1.165, 1.54) is 24.3 Å². The third-order valence-corrected chi connectivity index (χ3v) is 10.1. The van der Waals surface area contributed by atoms with E-state index < -0.39 is 43.2 Å². The summed E-state index contributed by atoms with van der Waals surface area (Å²) in [7, 11) is -15.7. The molecule has 0 fully saturated rings. The lowest BCUT2D eigenvalue weighted by atomic mass is 10.2. The highest BCUT2D eigenvalue weighted by atomic mass is 32.3. The van der Waals surface area contributed by atoms with Crippen LogP contribution < -0.4 is 0 Å². The standard InChI is InChI=1S/C15H14N2O7S3/c1-12-3-7-14(8-4-12)25(19,20)17(27(23,24)16-11-18)26(21,22)15-9-5-13(2)6-10-15/h3-10H,1-2H3. The number of benzene rings is 2. The molecule has 0 amide bonds. The highest BCUT2D eigenvalue weighted by Crippen LogP contribution is 2.28. The first kappa shape index (κ1) is 20.9. The lowest BCUT2D eigenvalue weighted by molar-refractivity contribution is 0.529. The molecule has 0 aliphatic carbocycles. The smallest absolute Gasteiger partial charge is 0.210 e. The molecule has 12 heteroatoms. The summed E-state index contributed by atoms with van der Waals surface area (Å²) in [6.45, 7) is 3.31. The predicted octanol–water partition coefficient (Wildman–Crippen LogP) is 1.26. The van der Waals surface area contributed by atoms with Crippen molar-refractivity contribution in [2.24, 2.45) is 4.40 Å². The Morgan fingerprint density at radius 1 is 0.704 bits per heavy atom. The fourth-order valence-corrected chi connectivity index (χ4v) is 7.77. The van der Waals surface area contributed by atoms with Crippen LogP contribution in [0.15, 0.2) is 62.7 Å². The highest BCUT2D eigenvalue weighted by molar-refractivity contribution is 8.17. The van der Waals surface area contributed by atoms with Crippen molar-refractivity contribution in [3.63, 3.8) is 0 Å². The van der Waals surface area contributed by atoms with E-state index in [2.05, 4.69) is 4.40 Å². The molecular formula is C15H14N2O7S3. The summed E-state index contributed by atoms with van der Waals surface area (Å²) in [4.78, 5) is 9.25. The molecule has 0 aliphatic heterocycles. The van der Waals surface area contributed by atoms with E-state index in [1.807, 2.05) is 0 Å². The molecule has 0 unspecified atom stereocenters. The van der Waals surface area contributed by atoms with E-state index in [9.17, 15) is 30.0 Å². The molecule has 144 valence electrons. The first-order chi connectivity index (χ1) is 12.4. The van der Waals surface area contributed by atoms with Gasteiger partial charge in [0.1, 0.15) is 0 Å². The van der Waals surface area contributed by atoms with E-state index in [4.69, 9.17) is 0 Å². The van der Waals surface area contributed by atoms with Crippen molar-refractivity contribution in [2.45, 2.75) is 23.6 Å². The Morgan fingerprint density at radius 2 is 1.04 bits per heavy atom. The van der Waals surface area contributed by atoms with Crippen LogP contribution >= 0.6 is 0 Å². The zero-order valence-corrected chi connectivity index (χ0v) is 16.5. The summed E-state index contributed by atoms with van der Waals surface area (Å²) < 4.78 is 77.4. The van der Waals surface area contributed by atoms with Crippen molar-refractivity contribution in [1.29, 1.82) is 0 Å². The van der Waals surface area contributed by atoms with Crippen LogP contribution in [-0.4, -0.2) is 34.4 Å². The Balaban J connectivity index is 2.82. The zero-order valence-electron chi connectivity index (χ0n) is 14.1. The van der Waals surface area contributed by atoms with Crippen LogP contribution in [-0.2, 0) is 35.1 Å². The Hall–Kier alpha value is -2.37. The van der Waals surface area contributed by atoms with Crippen molar-refractivity contribution < 1.29 is 30.0 Å². The molecule has 2 aromatic carbocycles. The number of hydrogen-bond acceptors (Lipinski definition) is 7. The van der Waals surface area contributed by atoms with Gasteiger partial charge in [0.15, 0.2) is 0 Å². The maximum Gasteiger partial charge on any atom is 0.360 e. The van der Waals surface area contributed by atoms with Gasteiger partial charge in [-0.2, -0.15) is 8.42 Å². The lowest BCUT2D eigenvalue weighted by Crippen LogP contribution is -2.40. The predicted molar refractivity (Wildman–Crippen MR) is 95.6 cm³/mol. The van der Waals surface area contributed by atoms with Gasteiger partial charge < -0.3 is 0 Å². The van der Waals surface area contributed by atoms with Crippen molar-refractivity contribution in [2.75, 3.05) is 0 Å². The summed E-state index contributed by atoms with van der Waals surface area (Å²) in [6.07, 6.45) is 0.670. The van der Waals surface area contributed by atoms with Gasteiger partial charge in [-0.15, -0.1) is 0 Å². The van der Waals surface area contributed by atoms with Crippen molar-refractivity contribution in [3.8, 4) is 0 Å². The molecule has 0 atom stereocenters. The number of aryl methyl sites for hydroxylation is 2. The van der Waals surface area contributed by atoms with Crippen LogP contribution in [0.4, 0.5) is 0 Å². The molecule has 2 aromatic rings. The monoisotopic (exact) mass is 430 g/mol. The van der Waals surface area contributed by atoms with Crippen molar-refractivity contribution >= 4 is 36.3 Å². The minimum atomic E-state index is -5.45. The largest absolute Gasteiger partial charge is 0.360 e. The van der Waals surface area contributed by atoms with Gasteiger partial charge >= 0.3 is 10.2 Å². The van der Waals surface area contributed by atoms with Crippen LogP contribution in [0.25, 0.3) is 0 Å². The van der Waals surface area contributed by atoms with Crippen LogP contribution in [0.2, 0.25) is 0 Å². The molecule has 0 heterocycles. The summed E-state index contributed by atoms with van der Waals surface area (Å²) in [6, 6.07) is 9.62. The van der Waals surface area contributed by atoms with Gasteiger partial charge in [-0.1, -0.05) is 39.8 Å². The fraction of sp³-hybridized carbons (Fsp3) is 0.133. The number of nitrogens with zero attached hydrogens (tertiary/aromatic N) is 2. The topological polar surface area (TPSA) is 135 Å². The van der Waals surface area contributed by atoms with Crippen molar-refractivity contribution in [1.82, 2.24) is 3.12 Å². The van der Waals surface area contributed by atoms with Gasteiger partial charge in [-0.3, -0.25) is 0 Å². The normalized spacial score (nSPS) is 12.6. The summed E-state index contributed by atoms with van der Waals surface area (Å²) in [5.41, 5.74) is 1.33. The molecular weight excluding hydrogens is 416 g/mol. The molecule has 9 nitrogen and oxygen atoms in total. The van der Waals surface area contributed by atoms with E-state index in [-0.39, 0.29) is 0 Å². The SMILES string of the molecule is Cc1ccc(S(=O)(=O)N(S(=O)(=O)N=C=O)S(=O)(=O)c2ccc(C)cc2)cc1. The molecule has 0 aromatic heterocycles. The average Bonchev–Trinajstić information content (AvgIpc) is 2.54. The molecule has 0 saturated heterocycles. The number of isocyanates is 1. The third-order valence-electron chi connectivity index (χ3n) is 3.37. The number of hydrogen-bond donors (Lipinski definition) is 0. The highest BCUT2D eigenvalue weighted by Gasteiger charge is 2.46. The maximum absolute atomic E-state index is 12.8. The van der Waals surface area contributed by atoms with Crippen molar-refractivity contribution in [3.05, 3.63) is 59.7 Å². The van der Waals surface area contributed by atoms with Gasteiger partial charge in [-0.25, -0.2) is 21.6 Å². The van der Waals surface area contributed by atoms with Gasteiger partial charge in [0.05, 0.1) is 9.79 Å². The Bertz CT molecular complexity index is 1130. The van der Waals surface area contributed by atoms with Crippen LogP contribution in [0, 0.1) is 13.8 Å². The second-order valence-corrected chi connectivity index (χ2v) is 11.1. The molecule has 0 N–H and O–H groups in total. The minimum absolute atomic E-state index is 0.603. The third kappa shape index (κ3) is 4.15. The first-order valence-corrected chi connectivity index (χ1v) is 11.5. The molecule has 0 bridgehead atoms. The van der Waals surface area contributed by atoms with Gasteiger partial charge in [-0.05, 0) is 38.1 Å². The van der Waals surface area contributed by atoms with Crippen LogP contribution in [0.3, 0.4) is 0 Å². The van der Waals surface area contributed by atoms with E-state index in [1.54, 1.807) is 13.8 Å². The average molecular weight is 430 g/mol. The molecule has 0 radical (unpaired) electrons. The zero-order chi connectivity index (χ0) is 20.5. The quantitative estimate of drug-likeness (QED) is 0.497. The fourth-order valence-electron chi connectivity index (χ4n) is 2.05. The molecule has 0 spiro atoms. The number of carbonyl (C=O) groups excluding carboxylic acids is 1. The van der Waals surface area contributed by atoms with E-state index in [0.29, 0.717) is 17.2 Å². The maximum atomic E-state index is 12.8. The summed E-state index contributed by atoms with van der Waals surface area (Å²) in [5, 5.41) is 0. The van der Waals surface area contributed by atoms with E-state index in [0.717, 1.165) is 24.3 Å². The van der Waals surface area contributed by atoms with Gasteiger partial charge in [0.2, 0.25) is 0 Å². The summed E-state index contributed by atoms with van der Waals surface area (Å²) >= 11 is 0. The Labute approximate surface area is 157 Å². The minimum Gasteiger partial charge on any atom is -0.210 e.